The Balaban J connectivity index is 1.83. The van der Waals surface area contributed by atoms with E-state index < -0.39 is 0 Å². The molecule has 2 heterocycles. The van der Waals surface area contributed by atoms with Crippen LogP contribution in [-0.2, 0) is 4.74 Å². The number of aromatic nitrogens is 2. The Bertz CT molecular complexity index is 372. The first-order valence-corrected chi connectivity index (χ1v) is 7.32. The fourth-order valence-electron chi connectivity index (χ4n) is 1.81. The van der Waals surface area contributed by atoms with E-state index in [1.807, 2.05) is 6.26 Å². The largest absolute Gasteiger partial charge is 0.378 e. The second-order valence-corrected chi connectivity index (χ2v) is 5.07. The van der Waals surface area contributed by atoms with Gasteiger partial charge in [-0.1, -0.05) is 23.4 Å². The molecular weight excluding hydrogens is 258 g/mol. The topological polar surface area (TPSA) is 47.0 Å². The van der Waals surface area contributed by atoms with Gasteiger partial charge in [0.25, 0.3) is 0 Å². The van der Waals surface area contributed by atoms with Crippen LogP contribution >= 0.6 is 23.4 Å². The van der Waals surface area contributed by atoms with E-state index in [-0.39, 0.29) is 0 Å². The summed E-state index contributed by atoms with van der Waals surface area (Å²) < 4.78 is 5.56. The summed E-state index contributed by atoms with van der Waals surface area (Å²) in [6, 6.07) is 1.75. The Hall–Kier alpha value is -0.520. The van der Waals surface area contributed by atoms with Crippen LogP contribution in [-0.4, -0.2) is 35.5 Å². The van der Waals surface area contributed by atoms with Gasteiger partial charge in [-0.25, -0.2) is 9.97 Å². The van der Waals surface area contributed by atoms with Crippen LogP contribution < -0.4 is 5.32 Å². The fourth-order valence-corrected chi connectivity index (χ4v) is 2.42. The quantitative estimate of drug-likeness (QED) is 0.508. The molecule has 1 aromatic rings. The van der Waals surface area contributed by atoms with Crippen LogP contribution in [0.15, 0.2) is 11.2 Å². The zero-order valence-electron chi connectivity index (χ0n) is 9.78. The lowest BCUT2D eigenvalue weighted by atomic mass is 10.2. The first-order chi connectivity index (χ1) is 8.28. The van der Waals surface area contributed by atoms with Gasteiger partial charge in [-0.2, -0.15) is 0 Å². The molecule has 0 spiro atoms. The van der Waals surface area contributed by atoms with E-state index in [1.165, 1.54) is 24.6 Å². The van der Waals surface area contributed by atoms with Crippen LogP contribution in [0.4, 0.5) is 5.82 Å². The van der Waals surface area contributed by atoms with Crippen LogP contribution in [0.3, 0.4) is 0 Å². The molecule has 0 bridgehead atoms. The molecule has 2 rings (SSSR count). The van der Waals surface area contributed by atoms with Gasteiger partial charge in [-0.3, -0.25) is 0 Å². The summed E-state index contributed by atoms with van der Waals surface area (Å²) >= 11 is 7.39. The van der Waals surface area contributed by atoms with Crippen LogP contribution in [0.1, 0.15) is 19.3 Å². The second kappa shape index (κ2) is 6.42. The lowest BCUT2D eigenvalue weighted by molar-refractivity contribution is 0.107. The molecule has 0 aliphatic carbocycles. The third-order valence-electron chi connectivity index (χ3n) is 2.65. The molecule has 1 atom stereocenters. The SMILES string of the molecule is CSc1nc(Cl)cc(NCCC2CCCO2)n1. The molecule has 0 radical (unpaired) electrons. The van der Waals surface area contributed by atoms with Gasteiger partial charge in [0.15, 0.2) is 5.16 Å². The minimum Gasteiger partial charge on any atom is -0.378 e. The predicted octanol–water partition coefficient (Wildman–Crippen LogP) is 2.83. The Labute approximate surface area is 111 Å². The number of anilines is 1. The van der Waals surface area contributed by atoms with Crippen molar-refractivity contribution in [3.05, 3.63) is 11.2 Å². The van der Waals surface area contributed by atoms with Crippen molar-refractivity contribution in [2.24, 2.45) is 0 Å². The van der Waals surface area contributed by atoms with Gasteiger partial charge in [-0.15, -0.1) is 0 Å². The molecule has 1 aliphatic heterocycles. The number of hydrogen-bond donors (Lipinski definition) is 1. The standard InChI is InChI=1S/C11H16ClN3OS/c1-17-11-14-9(12)7-10(15-11)13-5-4-8-3-2-6-16-8/h7-8H,2-6H2,1H3,(H,13,14,15). The Morgan fingerprint density at radius 1 is 1.59 bits per heavy atom. The minimum atomic E-state index is 0.403. The first kappa shape index (κ1) is 12.9. The molecule has 6 heteroatoms. The molecule has 0 saturated carbocycles. The third-order valence-corrected chi connectivity index (χ3v) is 3.39. The molecule has 1 fully saturated rings. The molecule has 94 valence electrons. The molecule has 1 saturated heterocycles. The lowest BCUT2D eigenvalue weighted by Gasteiger charge is -2.10. The van der Waals surface area contributed by atoms with Crippen LogP contribution in [0.2, 0.25) is 5.15 Å². The van der Waals surface area contributed by atoms with Crippen LogP contribution in [0.25, 0.3) is 0 Å². The zero-order chi connectivity index (χ0) is 12.1. The number of thioether (sulfide) groups is 1. The highest BCUT2D eigenvalue weighted by Gasteiger charge is 2.14. The molecule has 4 nitrogen and oxygen atoms in total. The average Bonchev–Trinajstić information content (AvgIpc) is 2.81. The van der Waals surface area contributed by atoms with E-state index in [4.69, 9.17) is 16.3 Å². The Morgan fingerprint density at radius 3 is 3.18 bits per heavy atom. The monoisotopic (exact) mass is 273 g/mol. The van der Waals surface area contributed by atoms with Crippen molar-refractivity contribution in [2.45, 2.75) is 30.5 Å². The Morgan fingerprint density at radius 2 is 2.47 bits per heavy atom. The van der Waals surface area contributed by atoms with Gasteiger partial charge in [-0.05, 0) is 25.5 Å². The third kappa shape index (κ3) is 4.01. The van der Waals surface area contributed by atoms with Crippen molar-refractivity contribution in [3.63, 3.8) is 0 Å². The number of ether oxygens (including phenoxy) is 1. The molecule has 1 aromatic heterocycles. The molecule has 1 N–H and O–H groups in total. The smallest absolute Gasteiger partial charge is 0.190 e. The average molecular weight is 274 g/mol. The van der Waals surface area contributed by atoms with E-state index in [1.54, 1.807) is 6.07 Å². The summed E-state index contributed by atoms with van der Waals surface area (Å²) in [6.45, 7) is 1.76. The first-order valence-electron chi connectivity index (χ1n) is 5.72. The number of nitrogens with one attached hydrogen (secondary N) is 1. The maximum atomic E-state index is 5.91. The highest BCUT2D eigenvalue weighted by Crippen LogP contribution is 2.18. The molecular formula is C11H16ClN3OS. The van der Waals surface area contributed by atoms with Crippen LogP contribution in [0, 0.1) is 0 Å². The van der Waals surface area contributed by atoms with Gasteiger partial charge in [0, 0.05) is 19.2 Å². The normalized spacial score (nSPS) is 19.5. The summed E-state index contributed by atoms with van der Waals surface area (Å²) in [5.41, 5.74) is 0. The van der Waals surface area contributed by atoms with Gasteiger partial charge < -0.3 is 10.1 Å². The number of rotatable bonds is 5. The maximum absolute atomic E-state index is 5.91. The molecule has 1 aliphatic rings. The highest BCUT2D eigenvalue weighted by molar-refractivity contribution is 7.98. The fraction of sp³-hybridized carbons (Fsp3) is 0.636. The van der Waals surface area contributed by atoms with E-state index in [2.05, 4.69) is 15.3 Å². The van der Waals surface area contributed by atoms with Crippen molar-refractivity contribution < 1.29 is 4.74 Å². The molecule has 1 unspecified atom stereocenters. The number of nitrogens with zero attached hydrogens (tertiary/aromatic N) is 2. The highest BCUT2D eigenvalue weighted by atomic mass is 35.5. The van der Waals surface area contributed by atoms with Gasteiger partial charge in [0.2, 0.25) is 0 Å². The second-order valence-electron chi connectivity index (χ2n) is 3.91. The van der Waals surface area contributed by atoms with E-state index in [0.29, 0.717) is 16.4 Å². The van der Waals surface area contributed by atoms with Crippen molar-refractivity contribution in [2.75, 3.05) is 24.7 Å². The van der Waals surface area contributed by atoms with Crippen molar-refractivity contribution >= 4 is 29.2 Å². The van der Waals surface area contributed by atoms with E-state index in [0.717, 1.165) is 25.4 Å². The van der Waals surface area contributed by atoms with Gasteiger partial charge >= 0.3 is 0 Å². The van der Waals surface area contributed by atoms with E-state index >= 15 is 0 Å². The number of hydrogen-bond acceptors (Lipinski definition) is 5. The lowest BCUT2D eigenvalue weighted by Crippen LogP contribution is -2.13. The zero-order valence-corrected chi connectivity index (χ0v) is 11.4. The summed E-state index contributed by atoms with van der Waals surface area (Å²) in [6.07, 6.45) is 5.70. The van der Waals surface area contributed by atoms with Crippen molar-refractivity contribution in [1.29, 1.82) is 0 Å². The van der Waals surface area contributed by atoms with Crippen LogP contribution in [0.5, 0.6) is 0 Å². The maximum Gasteiger partial charge on any atom is 0.190 e. The summed E-state index contributed by atoms with van der Waals surface area (Å²) in [7, 11) is 0. The Kier molecular flexibility index (Phi) is 4.88. The van der Waals surface area contributed by atoms with E-state index in [9.17, 15) is 0 Å². The summed E-state index contributed by atoms with van der Waals surface area (Å²) in [4.78, 5) is 8.42. The summed E-state index contributed by atoms with van der Waals surface area (Å²) in [5, 5.41) is 4.43. The van der Waals surface area contributed by atoms with Crippen molar-refractivity contribution in [3.8, 4) is 0 Å². The predicted molar refractivity (Wildman–Crippen MR) is 70.9 cm³/mol. The molecule has 17 heavy (non-hydrogen) atoms. The van der Waals surface area contributed by atoms with Gasteiger partial charge in [0.1, 0.15) is 11.0 Å². The molecule has 0 amide bonds. The summed E-state index contributed by atoms with van der Waals surface area (Å²) in [5.74, 6) is 0.785. The number of halogens is 1. The molecule has 0 aromatic carbocycles. The van der Waals surface area contributed by atoms with Crippen molar-refractivity contribution in [1.82, 2.24) is 9.97 Å². The van der Waals surface area contributed by atoms with Gasteiger partial charge in [0.05, 0.1) is 6.10 Å². The minimum absolute atomic E-state index is 0.403.